The molecular formula is C33H35N5O10. The van der Waals surface area contributed by atoms with Gasteiger partial charge in [0, 0.05) is 18.2 Å². The van der Waals surface area contributed by atoms with Gasteiger partial charge in [0.05, 0.1) is 23.6 Å². The summed E-state index contributed by atoms with van der Waals surface area (Å²) in [4.78, 5) is 74.9. The van der Waals surface area contributed by atoms with Gasteiger partial charge in [-0.2, -0.15) is 0 Å². The van der Waals surface area contributed by atoms with Crippen molar-refractivity contribution in [3.63, 3.8) is 0 Å². The number of carbonyl (C=O) groups excluding carboxylic acids is 4. The maximum atomic E-state index is 13.2. The Kier molecular flexibility index (Phi) is 12.7. The van der Waals surface area contributed by atoms with Crippen LogP contribution in [-0.2, 0) is 32.3 Å². The summed E-state index contributed by atoms with van der Waals surface area (Å²) in [6, 6.07) is 16.6. The lowest BCUT2D eigenvalue weighted by molar-refractivity contribution is -0.140. The summed E-state index contributed by atoms with van der Waals surface area (Å²) in [6.45, 7) is 2.01. The van der Waals surface area contributed by atoms with E-state index in [1.807, 2.05) is 0 Å². The molecule has 0 aromatic heterocycles. The topological polar surface area (TPSA) is 239 Å². The summed E-state index contributed by atoms with van der Waals surface area (Å²) in [6.07, 6.45) is -1.60. The molecular weight excluding hydrogens is 626 g/mol. The molecule has 0 unspecified atom stereocenters. The summed E-state index contributed by atoms with van der Waals surface area (Å²) in [5.41, 5.74) is 6.90. The molecule has 3 aromatic rings. The Labute approximate surface area is 275 Å². The fraction of sp³-hybridized carbons (Fsp3) is 0.242. The minimum Gasteiger partial charge on any atom is -0.481 e. The van der Waals surface area contributed by atoms with Crippen LogP contribution in [0.4, 0.5) is 10.5 Å². The number of esters is 1. The number of amides is 2. The number of guanidine groups is 1. The zero-order chi connectivity index (χ0) is 35.4. The number of carboxylic acid groups (broad SMARTS) is 2. The molecule has 48 heavy (non-hydrogen) atoms. The molecule has 3 rings (SSSR count). The number of ketones is 1. The van der Waals surface area contributed by atoms with Gasteiger partial charge < -0.3 is 36.1 Å². The third kappa shape index (κ3) is 11.3. The summed E-state index contributed by atoms with van der Waals surface area (Å²) in [5.74, 6) is -5.04. The van der Waals surface area contributed by atoms with Gasteiger partial charge in [0.25, 0.3) is 0 Å². The molecule has 0 aliphatic heterocycles. The van der Waals surface area contributed by atoms with Crippen molar-refractivity contribution >= 4 is 47.3 Å². The normalized spacial score (nSPS) is 11.1. The second-order valence-corrected chi connectivity index (χ2v) is 10.8. The van der Waals surface area contributed by atoms with E-state index in [4.69, 9.17) is 20.6 Å². The third-order valence-electron chi connectivity index (χ3n) is 6.66. The summed E-state index contributed by atoms with van der Waals surface area (Å²) >= 11 is 0. The van der Waals surface area contributed by atoms with Gasteiger partial charge in [0.1, 0.15) is 18.9 Å². The molecule has 0 radical (unpaired) electrons. The summed E-state index contributed by atoms with van der Waals surface area (Å²) in [7, 11) is 0. The van der Waals surface area contributed by atoms with Gasteiger partial charge in [-0.3, -0.25) is 24.7 Å². The van der Waals surface area contributed by atoms with Crippen LogP contribution in [0.5, 0.6) is 5.75 Å². The number of benzene rings is 3. The van der Waals surface area contributed by atoms with Gasteiger partial charge >= 0.3 is 24.0 Å². The number of aliphatic carboxylic acids is 1. The highest BCUT2D eigenvalue weighted by molar-refractivity contribution is 5.94. The van der Waals surface area contributed by atoms with Crippen LogP contribution in [0.25, 0.3) is 0 Å². The Hall–Kier alpha value is -6.25. The molecule has 3 aromatic carbocycles. The lowest BCUT2D eigenvalue weighted by atomic mass is 9.99. The Balaban J connectivity index is 1.68. The Morgan fingerprint density at radius 3 is 2.15 bits per heavy atom. The first-order valence-electron chi connectivity index (χ1n) is 14.5. The second-order valence-electron chi connectivity index (χ2n) is 10.8. The van der Waals surface area contributed by atoms with E-state index >= 15 is 0 Å². The highest BCUT2D eigenvalue weighted by Gasteiger charge is 2.28. The molecule has 252 valence electrons. The van der Waals surface area contributed by atoms with Crippen LogP contribution >= 0.6 is 0 Å². The summed E-state index contributed by atoms with van der Waals surface area (Å²) in [5, 5.41) is 30.8. The van der Waals surface area contributed by atoms with E-state index in [1.54, 1.807) is 44.2 Å². The van der Waals surface area contributed by atoms with Crippen molar-refractivity contribution in [3.05, 3.63) is 95.1 Å². The highest BCUT2D eigenvalue weighted by Crippen LogP contribution is 2.17. The number of carbonyl (C=O) groups is 6. The highest BCUT2D eigenvalue weighted by atomic mass is 16.6. The zero-order valence-corrected chi connectivity index (χ0v) is 26.1. The first kappa shape index (κ1) is 36.2. The maximum Gasteiger partial charge on any atom is 0.410 e. The predicted octanol–water partition coefficient (Wildman–Crippen LogP) is 3.23. The van der Waals surface area contributed by atoms with Crippen molar-refractivity contribution in [2.24, 2.45) is 11.7 Å². The van der Waals surface area contributed by atoms with Gasteiger partial charge in [-0.25, -0.2) is 14.4 Å². The predicted molar refractivity (Wildman–Crippen MR) is 171 cm³/mol. The van der Waals surface area contributed by atoms with Crippen LogP contribution in [0.2, 0.25) is 0 Å². The largest absolute Gasteiger partial charge is 0.481 e. The van der Waals surface area contributed by atoms with Crippen LogP contribution in [-0.4, -0.2) is 69.4 Å². The minimum atomic E-state index is -1.32. The number of hydrogen-bond donors (Lipinski definition) is 6. The van der Waals surface area contributed by atoms with Crippen molar-refractivity contribution in [1.82, 2.24) is 10.2 Å². The van der Waals surface area contributed by atoms with Crippen molar-refractivity contribution in [3.8, 4) is 5.75 Å². The molecule has 0 saturated heterocycles. The van der Waals surface area contributed by atoms with E-state index in [2.05, 4.69) is 10.6 Å². The average Bonchev–Trinajstić information content (AvgIpc) is 3.03. The van der Waals surface area contributed by atoms with Crippen LogP contribution in [0.3, 0.4) is 0 Å². The van der Waals surface area contributed by atoms with E-state index in [-0.39, 0.29) is 36.0 Å². The first-order chi connectivity index (χ1) is 22.7. The zero-order valence-electron chi connectivity index (χ0n) is 26.1. The molecule has 2 amide bonds. The van der Waals surface area contributed by atoms with E-state index < -0.39 is 60.6 Å². The van der Waals surface area contributed by atoms with Crippen LogP contribution in [0.1, 0.15) is 52.1 Å². The number of rotatable bonds is 15. The van der Waals surface area contributed by atoms with E-state index in [0.29, 0.717) is 16.8 Å². The van der Waals surface area contributed by atoms with Crippen molar-refractivity contribution in [2.75, 3.05) is 11.9 Å². The lowest BCUT2D eigenvalue weighted by Gasteiger charge is -2.24. The Bertz CT molecular complexity index is 1670. The molecule has 0 heterocycles. The molecule has 0 aliphatic rings. The molecule has 0 bridgehead atoms. The number of carboxylic acids is 2. The van der Waals surface area contributed by atoms with Crippen LogP contribution in [0.15, 0.2) is 72.8 Å². The maximum absolute atomic E-state index is 13.2. The van der Waals surface area contributed by atoms with E-state index in [0.717, 1.165) is 4.90 Å². The SMILES string of the molecule is CC(C)C(=O)[C@H](CC(=O)O)NC(=O)CN(Cc1cccc(C(=O)O)c1)C(=O)OCc1ccc(OC(=O)c2ccc(NC(=N)N)cc2)cc1. The average molecular weight is 662 g/mol. The van der Waals surface area contributed by atoms with Crippen molar-refractivity contribution in [2.45, 2.75) is 39.5 Å². The number of ether oxygens (including phenoxy) is 2. The van der Waals surface area contributed by atoms with Gasteiger partial charge in [0.2, 0.25) is 5.91 Å². The number of hydrogen-bond acceptors (Lipinski definition) is 9. The Morgan fingerprint density at radius 2 is 1.56 bits per heavy atom. The monoisotopic (exact) mass is 661 g/mol. The number of nitrogens with one attached hydrogen (secondary N) is 3. The fourth-order valence-corrected chi connectivity index (χ4v) is 4.32. The molecule has 7 N–H and O–H groups in total. The quantitative estimate of drug-likeness (QED) is 0.0596. The number of anilines is 1. The number of aromatic carboxylic acids is 1. The van der Waals surface area contributed by atoms with E-state index in [9.17, 15) is 39.0 Å². The molecule has 15 heteroatoms. The van der Waals surface area contributed by atoms with Crippen molar-refractivity contribution < 1.29 is 48.5 Å². The second kappa shape index (κ2) is 16.9. The van der Waals surface area contributed by atoms with Gasteiger partial charge in [0.15, 0.2) is 11.7 Å². The smallest absolute Gasteiger partial charge is 0.410 e. The molecule has 15 nitrogen and oxygen atoms in total. The standard InChI is InChI=1S/C33H35N5O10/c1-19(2)29(42)26(15-28(40)41)37-27(39)17-38(16-21-4-3-5-23(14-21)30(43)44)33(46)47-18-20-6-12-25(13-7-20)48-31(45)22-8-10-24(11-9-22)36-32(34)35/h3-14,19,26H,15-18H2,1-2H3,(H,37,39)(H,40,41)(H,43,44)(H4,34,35,36)/t26-/m0/s1. The lowest BCUT2D eigenvalue weighted by Crippen LogP contribution is -2.48. The number of nitrogens with two attached hydrogens (primary N) is 1. The van der Waals surface area contributed by atoms with Crippen LogP contribution < -0.4 is 21.1 Å². The Morgan fingerprint density at radius 1 is 0.896 bits per heavy atom. The van der Waals surface area contributed by atoms with Gasteiger partial charge in [-0.15, -0.1) is 0 Å². The number of nitrogens with zero attached hydrogens (tertiary/aromatic N) is 1. The van der Waals surface area contributed by atoms with Crippen LogP contribution in [0, 0.1) is 11.3 Å². The minimum absolute atomic E-state index is 0.0443. The molecule has 0 fully saturated rings. The van der Waals surface area contributed by atoms with E-state index in [1.165, 1.54) is 42.5 Å². The first-order valence-corrected chi connectivity index (χ1v) is 14.5. The molecule has 0 spiro atoms. The van der Waals surface area contributed by atoms with Gasteiger partial charge in [-0.05, 0) is 59.7 Å². The third-order valence-corrected chi connectivity index (χ3v) is 6.66. The molecule has 1 atom stereocenters. The number of Topliss-reactive ketones (excluding diaryl/α,β-unsaturated/α-hetero) is 1. The van der Waals surface area contributed by atoms with Gasteiger partial charge in [-0.1, -0.05) is 38.1 Å². The van der Waals surface area contributed by atoms with Crippen molar-refractivity contribution in [1.29, 1.82) is 5.41 Å². The fourth-order valence-electron chi connectivity index (χ4n) is 4.32. The molecule has 0 aliphatic carbocycles. The summed E-state index contributed by atoms with van der Waals surface area (Å²) < 4.78 is 10.8. The molecule has 0 saturated carbocycles.